The van der Waals surface area contributed by atoms with E-state index >= 15 is 0 Å². The summed E-state index contributed by atoms with van der Waals surface area (Å²) in [6.07, 6.45) is 0.806. The summed E-state index contributed by atoms with van der Waals surface area (Å²) >= 11 is 7.70. The number of nitrogens with zero attached hydrogens (tertiary/aromatic N) is 2. The van der Waals surface area contributed by atoms with Gasteiger partial charge in [0.15, 0.2) is 5.17 Å². The first kappa shape index (κ1) is 24.6. The van der Waals surface area contributed by atoms with Crippen LogP contribution in [0.1, 0.15) is 36.2 Å². The molecule has 0 spiro atoms. The van der Waals surface area contributed by atoms with Crippen molar-refractivity contribution in [3.8, 4) is 5.75 Å². The van der Waals surface area contributed by atoms with E-state index in [0.717, 1.165) is 17.7 Å². The molecule has 0 unspecified atom stereocenters. The van der Waals surface area contributed by atoms with Gasteiger partial charge in [0.05, 0.1) is 12.8 Å². The van der Waals surface area contributed by atoms with Crippen molar-refractivity contribution in [3.63, 3.8) is 0 Å². The van der Waals surface area contributed by atoms with Gasteiger partial charge < -0.3 is 4.74 Å². The highest BCUT2D eigenvalue weighted by atomic mass is 35.5. The molecule has 0 atom stereocenters. The van der Waals surface area contributed by atoms with Crippen LogP contribution in [0.5, 0.6) is 5.75 Å². The van der Waals surface area contributed by atoms with Gasteiger partial charge in [-0.3, -0.25) is 9.69 Å². The smallest absolute Gasteiger partial charge is 0.259 e. The standard InChI is InChI=1S/C22H26ClN3O4S2/c1-14(2)25-32(28,29)20-12-16(7-9-19(20)30-4)21(27)26-10-5-11-31-22(26)24-17-8-6-15(3)18(23)13-17/h6-9,12-14,25H,5,10-11H2,1-4H3. The maximum absolute atomic E-state index is 13.4. The van der Waals surface area contributed by atoms with Crippen LogP contribution < -0.4 is 9.46 Å². The minimum Gasteiger partial charge on any atom is -0.495 e. The quantitative estimate of drug-likeness (QED) is 0.632. The van der Waals surface area contributed by atoms with E-state index in [2.05, 4.69) is 9.71 Å². The van der Waals surface area contributed by atoms with Gasteiger partial charge in [0, 0.05) is 28.9 Å². The molecule has 0 aliphatic carbocycles. The van der Waals surface area contributed by atoms with Gasteiger partial charge in [-0.25, -0.2) is 18.1 Å². The third kappa shape index (κ3) is 5.64. The number of amidine groups is 1. The summed E-state index contributed by atoms with van der Waals surface area (Å²) in [5, 5.41) is 1.16. The average molecular weight is 496 g/mol. The van der Waals surface area contributed by atoms with Crippen molar-refractivity contribution >= 4 is 50.1 Å². The number of hydrogen-bond donors (Lipinski definition) is 1. The summed E-state index contributed by atoms with van der Waals surface area (Å²) in [6, 6.07) is 9.60. The van der Waals surface area contributed by atoms with Gasteiger partial charge in [0.25, 0.3) is 5.91 Å². The monoisotopic (exact) mass is 495 g/mol. The number of amides is 1. The molecule has 7 nitrogen and oxygen atoms in total. The third-order valence-corrected chi connectivity index (χ3v) is 7.85. The zero-order valence-electron chi connectivity index (χ0n) is 18.4. The molecule has 172 valence electrons. The van der Waals surface area contributed by atoms with Crippen LogP contribution in [0.15, 0.2) is 46.3 Å². The predicted molar refractivity (Wildman–Crippen MR) is 130 cm³/mol. The number of nitrogens with one attached hydrogen (secondary N) is 1. The number of ether oxygens (including phenoxy) is 1. The molecule has 1 aliphatic rings. The van der Waals surface area contributed by atoms with Gasteiger partial charge >= 0.3 is 0 Å². The number of rotatable bonds is 6. The Labute approximate surface area is 198 Å². The summed E-state index contributed by atoms with van der Waals surface area (Å²) in [6.45, 7) is 5.85. The van der Waals surface area contributed by atoms with Crippen LogP contribution in [0.3, 0.4) is 0 Å². The Kier molecular flexibility index (Phi) is 7.87. The number of benzene rings is 2. The van der Waals surface area contributed by atoms with Crippen molar-refractivity contribution in [2.24, 2.45) is 4.99 Å². The molecule has 10 heteroatoms. The van der Waals surface area contributed by atoms with Crippen LogP contribution in [0.25, 0.3) is 0 Å². The lowest BCUT2D eigenvalue weighted by Crippen LogP contribution is -2.39. The first-order valence-electron chi connectivity index (χ1n) is 10.1. The lowest BCUT2D eigenvalue weighted by Gasteiger charge is -2.28. The van der Waals surface area contributed by atoms with Crippen molar-refractivity contribution in [1.82, 2.24) is 9.62 Å². The molecule has 0 saturated carbocycles. The third-order valence-electron chi connectivity index (χ3n) is 4.70. The van der Waals surface area contributed by atoms with E-state index in [1.807, 2.05) is 19.1 Å². The van der Waals surface area contributed by atoms with Crippen LogP contribution in [0, 0.1) is 6.92 Å². The van der Waals surface area contributed by atoms with E-state index in [9.17, 15) is 13.2 Å². The number of thioether (sulfide) groups is 1. The lowest BCUT2D eigenvalue weighted by atomic mass is 10.2. The fourth-order valence-electron chi connectivity index (χ4n) is 3.15. The maximum atomic E-state index is 13.4. The second-order valence-electron chi connectivity index (χ2n) is 7.63. The summed E-state index contributed by atoms with van der Waals surface area (Å²) in [4.78, 5) is 19.5. The lowest BCUT2D eigenvalue weighted by molar-refractivity contribution is 0.0849. The Balaban J connectivity index is 1.98. The SMILES string of the molecule is COc1ccc(C(=O)N2CCCSC2=Nc2ccc(C)c(Cl)c2)cc1S(=O)(=O)NC(C)C. The Morgan fingerprint density at radius 3 is 2.66 bits per heavy atom. The number of hydrogen-bond acceptors (Lipinski definition) is 6. The molecule has 1 fully saturated rings. The zero-order chi connectivity index (χ0) is 23.5. The minimum absolute atomic E-state index is 0.0759. The predicted octanol–water partition coefficient (Wildman–Crippen LogP) is 4.61. The Bertz CT molecular complexity index is 1150. The fourth-order valence-corrected chi connectivity index (χ4v) is 5.73. The number of halogens is 1. The van der Waals surface area contributed by atoms with Gasteiger partial charge in [-0.05, 0) is 63.1 Å². The van der Waals surface area contributed by atoms with E-state index in [-0.39, 0.29) is 28.2 Å². The van der Waals surface area contributed by atoms with Gasteiger partial charge in [0.1, 0.15) is 10.6 Å². The van der Waals surface area contributed by atoms with Gasteiger partial charge in [-0.2, -0.15) is 0 Å². The number of carbonyl (C=O) groups is 1. The zero-order valence-corrected chi connectivity index (χ0v) is 20.8. The number of aryl methyl sites for hydroxylation is 1. The van der Waals surface area contributed by atoms with Gasteiger partial charge in [-0.1, -0.05) is 29.4 Å². The highest BCUT2D eigenvalue weighted by molar-refractivity contribution is 8.13. The molecular weight excluding hydrogens is 470 g/mol. The fraction of sp³-hybridized carbons (Fsp3) is 0.364. The van der Waals surface area contributed by atoms with E-state index in [4.69, 9.17) is 16.3 Å². The average Bonchev–Trinajstić information content (AvgIpc) is 2.75. The largest absolute Gasteiger partial charge is 0.495 e. The summed E-state index contributed by atoms with van der Waals surface area (Å²) in [7, 11) is -2.46. The van der Waals surface area contributed by atoms with Crippen LogP contribution in [-0.2, 0) is 10.0 Å². The molecule has 32 heavy (non-hydrogen) atoms. The molecule has 0 bridgehead atoms. The molecule has 0 radical (unpaired) electrons. The van der Waals surface area contributed by atoms with Crippen LogP contribution in [0.2, 0.25) is 5.02 Å². The van der Waals surface area contributed by atoms with Crippen molar-refractivity contribution in [2.45, 2.75) is 38.1 Å². The number of sulfonamides is 1. The second kappa shape index (κ2) is 10.2. The molecule has 1 heterocycles. The van der Waals surface area contributed by atoms with Crippen LogP contribution in [0.4, 0.5) is 5.69 Å². The molecule has 2 aromatic rings. The number of methoxy groups -OCH3 is 1. The van der Waals surface area contributed by atoms with Crippen molar-refractivity contribution < 1.29 is 17.9 Å². The molecular formula is C22H26ClN3O4S2. The van der Waals surface area contributed by atoms with E-state index < -0.39 is 10.0 Å². The highest BCUT2D eigenvalue weighted by Crippen LogP contribution is 2.29. The Hall–Kier alpha value is -2.07. The summed E-state index contributed by atoms with van der Waals surface area (Å²) < 4.78 is 33.3. The molecule has 1 N–H and O–H groups in total. The summed E-state index contributed by atoms with van der Waals surface area (Å²) in [5.74, 6) is 0.687. The van der Waals surface area contributed by atoms with E-state index in [1.54, 1.807) is 30.9 Å². The Morgan fingerprint density at radius 1 is 1.25 bits per heavy atom. The Morgan fingerprint density at radius 2 is 2.00 bits per heavy atom. The van der Waals surface area contributed by atoms with Gasteiger partial charge in [-0.15, -0.1) is 0 Å². The van der Waals surface area contributed by atoms with Crippen molar-refractivity contribution in [3.05, 3.63) is 52.5 Å². The van der Waals surface area contributed by atoms with Crippen LogP contribution >= 0.6 is 23.4 Å². The second-order valence-corrected chi connectivity index (χ2v) is 10.8. The number of aliphatic imine (C=N–C) groups is 1. The normalized spacial score (nSPS) is 15.9. The minimum atomic E-state index is -3.86. The molecule has 2 aromatic carbocycles. The van der Waals surface area contributed by atoms with E-state index in [0.29, 0.717) is 22.4 Å². The molecule has 1 saturated heterocycles. The first-order chi connectivity index (χ1) is 15.1. The topological polar surface area (TPSA) is 88.1 Å². The highest BCUT2D eigenvalue weighted by Gasteiger charge is 2.28. The molecule has 1 amide bonds. The summed E-state index contributed by atoms with van der Waals surface area (Å²) in [5.41, 5.74) is 1.84. The maximum Gasteiger partial charge on any atom is 0.259 e. The first-order valence-corrected chi connectivity index (χ1v) is 13.0. The van der Waals surface area contributed by atoms with E-state index in [1.165, 1.54) is 31.0 Å². The molecule has 0 aromatic heterocycles. The van der Waals surface area contributed by atoms with Gasteiger partial charge in [0.2, 0.25) is 10.0 Å². The molecule has 1 aliphatic heterocycles. The van der Waals surface area contributed by atoms with Crippen LogP contribution in [-0.4, -0.2) is 49.8 Å². The van der Waals surface area contributed by atoms with Crippen molar-refractivity contribution in [1.29, 1.82) is 0 Å². The van der Waals surface area contributed by atoms with Crippen molar-refractivity contribution in [2.75, 3.05) is 19.4 Å². The number of carbonyl (C=O) groups excluding carboxylic acids is 1. The molecule has 3 rings (SSSR count).